The molecule has 25 heavy (non-hydrogen) atoms. The van der Waals surface area contributed by atoms with E-state index in [-0.39, 0.29) is 23.1 Å². The lowest BCUT2D eigenvalue weighted by Crippen LogP contribution is -2.44. The van der Waals surface area contributed by atoms with Crippen LogP contribution in [0, 0.1) is 0 Å². The van der Waals surface area contributed by atoms with Crippen LogP contribution in [0.5, 0.6) is 0 Å². The zero-order valence-electron chi connectivity index (χ0n) is 14.1. The molecule has 2 heterocycles. The van der Waals surface area contributed by atoms with Crippen molar-refractivity contribution in [1.29, 1.82) is 0 Å². The normalized spacial score (nSPS) is 23.5. The van der Waals surface area contributed by atoms with Gasteiger partial charge in [0.2, 0.25) is 5.91 Å². The molecule has 0 bridgehead atoms. The first-order valence-corrected chi connectivity index (χ1v) is 8.85. The van der Waals surface area contributed by atoms with Gasteiger partial charge in [0.25, 0.3) is 0 Å². The second-order valence-electron chi connectivity index (χ2n) is 6.79. The summed E-state index contributed by atoms with van der Waals surface area (Å²) >= 11 is 5.95. The first kappa shape index (κ1) is 18.5. The van der Waals surface area contributed by atoms with E-state index in [0.717, 1.165) is 30.4 Å². The summed E-state index contributed by atoms with van der Waals surface area (Å²) in [5.41, 5.74) is -0.815. The molecule has 2 fully saturated rings. The smallest absolute Gasteiger partial charge is 0.376 e. The highest BCUT2D eigenvalue weighted by Crippen LogP contribution is 2.47. The van der Waals surface area contributed by atoms with Crippen LogP contribution in [0.15, 0.2) is 0 Å². The molecule has 1 N–H and O–H groups in total. The minimum atomic E-state index is -4.65. The third kappa shape index (κ3) is 3.79. The van der Waals surface area contributed by atoms with Crippen LogP contribution in [0.1, 0.15) is 62.9 Å². The first-order valence-electron chi connectivity index (χ1n) is 8.47. The van der Waals surface area contributed by atoms with Crippen molar-refractivity contribution in [1.82, 2.24) is 15.1 Å². The van der Waals surface area contributed by atoms with Crippen LogP contribution in [0.3, 0.4) is 0 Å². The second-order valence-corrected chi connectivity index (χ2v) is 7.17. The fraction of sp³-hybridized carbons (Fsp3) is 0.750. The van der Waals surface area contributed by atoms with Crippen molar-refractivity contribution in [3.05, 3.63) is 16.4 Å². The van der Waals surface area contributed by atoms with E-state index < -0.39 is 23.8 Å². The van der Waals surface area contributed by atoms with Gasteiger partial charge in [-0.2, -0.15) is 18.3 Å². The van der Waals surface area contributed by atoms with Crippen LogP contribution in [0.2, 0.25) is 5.02 Å². The maximum atomic E-state index is 13.1. The van der Waals surface area contributed by atoms with Gasteiger partial charge in [-0.3, -0.25) is 9.48 Å². The molecule has 1 aromatic heterocycles. The summed E-state index contributed by atoms with van der Waals surface area (Å²) in [6.07, 6.45) is -1.41. The van der Waals surface area contributed by atoms with Crippen molar-refractivity contribution in [2.24, 2.45) is 0 Å². The second kappa shape index (κ2) is 6.79. The van der Waals surface area contributed by atoms with Crippen LogP contribution in [-0.2, 0) is 15.7 Å². The number of alkyl halides is 3. The lowest BCUT2D eigenvalue weighted by molar-refractivity contribution is -0.142. The fourth-order valence-corrected chi connectivity index (χ4v) is 3.56. The Balaban J connectivity index is 1.81. The van der Waals surface area contributed by atoms with Crippen LogP contribution in [0.4, 0.5) is 13.2 Å². The Labute approximate surface area is 148 Å². The Morgan fingerprint density at radius 1 is 1.36 bits per heavy atom. The van der Waals surface area contributed by atoms with Crippen LogP contribution < -0.4 is 5.32 Å². The zero-order chi connectivity index (χ0) is 18.4. The van der Waals surface area contributed by atoms with Gasteiger partial charge in [0, 0.05) is 12.5 Å². The number of aromatic nitrogens is 2. The molecule has 1 amide bonds. The van der Waals surface area contributed by atoms with E-state index in [4.69, 9.17) is 16.3 Å². The van der Waals surface area contributed by atoms with Gasteiger partial charge in [0.1, 0.15) is 6.04 Å². The number of carbonyl (C=O) groups excluding carboxylic acids is 1. The first-order chi connectivity index (χ1) is 11.7. The minimum Gasteiger partial charge on any atom is -0.376 e. The molecule has 3 atom stereocenters. The van der Waals surface area contributed by atoms with Crippen molar-refractivity contribution in [2.45, 2.75) is 69.8 Å². The molecular weight excluding hydrogens is 359 g/mol. The Hall–Kier alpha value is -1.28. The molecule has 1 saturated heterocycles. The number of nitrogens with one attached hydrogen (secondary N) is 1. The maximum absolute atomic E-state index is 13.1. The Morgan fingerprint density at radius 3 is 2.56 bits per heavy atom. The van der Waals surface area contributed by atoms with Gasteiger partial charge in [0.05, 0.1) is 22.9 Å². The van der Waals surface area contributed by atoms with Crippen molar-refractivity contribution >= 4 is 17.5 Å². The van der Waals surface area contributed by atoms with Gasteiger partial charge in [-0.1, -0.05) is 11.6 Å². The lowest BCUT2D eigenvalue weighted by atomic mass is 10.1. The summed E-state index contributed by atoms with van der Waals surface area (Å²) in [5.74, 6) is -0.459. The monoisotopic (exact) mass is 379 g/mol. The molecule has 2 aliphatic rings. The summed E-state index contributed by atoms with van der Waals surface area (Å²) in [4.78, 5) is 12.5. The van der Waals surface area contributed by atoms with E-state index >= 15 is 0 Å². The molecule has 1 saturated carbocycles. The summed E-state index contributed by atoms with van der Waals surface area (Å²) in [5, 5.41) is 6.07. The van der Waals surface area contributed by atoms with E-state index in [0.29, 0.717) is 12.3 Å². The van der Waals surface area contributed by atoms with Crippen LogP contribution in [0.25, 0.3) is 0 Å². The molecule has 140 valence electrons. The van der Waals surface area contributed by atoms with Crippen LogP contribution >= 0.6 is 11.6 Å². The quantitative estimate of drug-likeness (QED) is 0.849. The van der Waals surface area contributed by atoms with E-state index in [1.165, 1.54) is 6.92 Å². The molecule has 1 aliphatic heterocycles. The summed E-state index contributed by atoms with van der Waals surface area (Å²) < 4.78 is 46.1. The summed E-state index contributed by atoms with van der Waals surface area (Å²) in [6.45, 7) is 4.03. The van der Waals surface area contributed by atoms with Gasteiger partial charge in [-0.05, 0) is 39.5 Å². The van der Waals surface area contributed by atoms with Crippen molar-refractivity contribution in [3.63, 3.8) is 0 Å². The zero-order valence-corrected chi connectivity index (χ0v) is 14.8. The number of carbonyl (C=O) groups is 1. The van der Waals surface area contributed by atoms with Gasteiger partial charge < -0.3 is 10.1 Å². The van der Waals surface area contributed by atoms with E-state index in [9.17, 15) is 18.0 Å². The number of hydrogen-bond donors (Lipinski definition) is 1. The number of rotatable bonds is 5. The third-order valence-electron chi connectivity index (χ3n) is 4.76. The number of ether oxygens (including phenoxy) is 1. The summed E-state index contributed by atoms with van der Waals surface area (Å²) in [7, 11) is 0. The molecule has 3 rings (SSSR count). The number of hydrogen-bond acceptors (Lipinski definition) is 3. The Bertz CT molecular complexity index is 652. The maximum Gasteiger partial charge on any atom is 0.436 e. The average Bonchev–Trinajstić information content (AvgIpc) is 3.08. The summed E-state index contributed by atoms with van der Waals surface area (Å²) in [6, 6.07) is -1.09. The molecule has 0 radical (unpaired) electrons. The molecule has 1 aromatic rings. The third-order valence-corrected chi connectivity index (χ3v) is 5.13. The molecule has 0 spiro atoms. The van der Waals surface area contributed by atoms with Crippen LogP contribution in [-0.4, -0.2) is 34.4 Å². The Kier molecular flexibility index (Phi) is 5.03. The molecule has 9 heteroatoms. The molecule has 1 aliphatic carbocycles. The Morgan fingerprint density at radius 2 is 2.04 bits per heavy atom. The molecule has 0 aromatic carbocycles. The highest BCUT2D eigenvalue weighted by atomic mass is 35.5. The van der Waals surface area contributed by atoms with Crippen molar-refractivity contribution in [2.75, 3.05) is 6.61 Å². The topological polar surface area (TPSA) is 56.2 Å². The highest BCUT2D eigenvalue weighted by Gasteiger charge is 2.43. The number of nitrogens with zero attached hydrogens (tertiary/aromatic N) is 2. The van der Waals surface area contributed by atoms with Crippen molar-refractivity contribution < 1.29 is 22.7 Å². The van der Waals surface area contributed by atoms with Gasteiger partial charge >= 0.3 is 6.18 Å². The predicted octanol–water partition coefficient (Wildman–Crippen LogP) is 3.68. The van der Waals surface area contributed by atoms with E-state index in [1.54, 1.807) is 0 Å². The fourth-order valence-electron chi connectivity index (χ4n) is 3.17. The van der Waals surface area contributed by atoms with Crippen molar-refractivity contribution in [3.8, 4) is 0 Å². The highest BCUT2D eigenvalue weighted by molar-refractivity contribution is 6.32. The van der Waals surface area contributed by atoms with Gasteiger partial charge in [-0.15, -0.1) is 0 Å². The minimum absolute atomic E-state index is 0.0639. The van der Waals surface area contributed by atoms with E-state index in [1.807, 2.05) is 6.92 Å². The molecular formula is C16H21ClF3N3O2. The number of amides is 1. The van der Waals surface area contributed by atoms with E-state index in [2.05, 4.69) is 10.4 Å². The SMILES string of the molecule is C[C@H](NC(=O)[C@H](C)n1nc(C(F)(F)F)c(Cl)c1C1CC1)[C@H]1CCCO1. The van der Waals surface area contributed by atoms with Gasteiger partial charge in [0.15, 0.2) is 5.69 Å². The average molecular weight is 380 g/mol. The molecule has 0 unspecified atom stereocenters. The standard InChI is InChI=1S/C16H21ClF3N3O2/c1-8(11-4-3-7-25-11)21-15(24)9(2)23-13(10-5-6-10)12(17)14(22-23)16(18,19)20/h8-11H,3-7H2,1-2H3,(H,21,24)/t8-,9-,11+/m0/s1. The lowest BCUT2D eigenvalue weighted by Gasteiger charge is -2.23. The predicted molar refractivity (Wildman–Crippen MR) is 85.5 cm³/mol. The largest absolute Gasteiger partial charge is 0.436 e. The molecule has 5 nitrogen and oxygen atoms in total. The van der Waals surface area contributed by atoms with Gasteiger partial charge in [-0.25, -0.2) is 0 Å². The number of halogens is 4.